The molecule has 2 nitrogen and oxygen atoms in total. The number of fused-ring (bicyclic) bond motifs is 1. The monoisotopic (exact) mass is 246 g/mol. The number of para-hydroxylation sites is 1. The molecule has 2 N–H and O–H groups in total. The van der Waals surface area contributed by atoms with E-state index in [-0.39, 0.29) is 0 Å². The molecule has 2 heteroatoms. The number of nitrogens with one attached hydrogen (secondary N) is 2. The summed E-state index contributed by atoms with van der Waals surface area (Å²) in [4.78, 5) is 0. The van der Waals surface area contributed by atoms with E-state index in [0.29, 0.717) is 11.3 Å². The summed E-state index contributed by atoms with van der Waals surface area (Å²) < 4.78 is 0. The average Bonchev–Trinajstić information content (AvgIpc) is 2.76. The zero-order chi connectivity index (χ0) is 13.2. The Kier molecular flexibility index (Phi) is 3.96. The summed E-state index contributed by atoms with van der Waals surface area (Å²) in [5.41, 5.74) is 4.63. The minimum atomic E-state index is 0.379. The van der Waals surface area contributed by atoms with Crippen LogP contribution >= 0.6 is 0 Å². The van der Waals surface area contributed by atoms with Gasteiger partial charge in [0.25, 0.3) is 0 Å². The standard InChI is InChI=1S/C16H26N2/c1-12(16(2,3)4)10-17-11-14-7-5-6-13-8-9-18-15(13)14/h5-7,12,17-18H,8-11H2,1-4H3. The molecule has 0 radical (unpaired) electrons. The van der Waals surface area contributed by atoms with Gasteiger partial charge in [-0.1, -0.05) is 45.9 Å². The second kappa shape index (κ2) is 5.31. The first-order valence-corrected chi connectivity index (χ1v) is 7.04. The molecule has 0 fully saturated rings. The van der Waals surface area contributed by atoms with E-state index in [1.54, 1.807) is 0 Å². The largest absolute Gasteiger partial charge is 0.384 e. The molecule has 18 heavy (non-hydrogen) atoms. The minimum Gasteiger partial charge on any atom is -0.384 e. The fourth-order valence-corrected chi connectivity index (χ4v) is 2.29. The Morgan fingerprint density at radius 3 is 2.83 bits per heavy atom. The van der Waals surface area contributed by atoms with Crippen molar-refractivity contribution in [1.29, 1.82) is 0 Å². The zero-order valence-electron chi connectivity index (χ0n) is 12.1. The van der Waals surface area contributed by atoms with Crippen LogP contribution in [-0.4, -0.2) is 13.1 Å². The van der Waals surface area contributed by atoms with E-state index in [2.05, 4.69) is 56.5 Å². The predicted molar refractivity (Wildman–Crippen MR) is 79.0 cm³/mol. The van der Waals surface area contributed by atoms with Gasteiger partial charge in [-0.05, 0) is 35.4 Å². The van der Waals surface area contributed by atoms with Gasteiger partial charge in [-0.3, -0.25) is 0 Å². The molecule has 0 aliphatic carbocycles. The Balaban J connectivity index is 1.90. The van der Waals surface area contributed by atoms with Gasteiger partial charge >= 0.3 is 0 Å². The Hall–Kier alpha value is -1.02. The van der Waals surface area contributed by atoms with Crippen molar-refractivity contribution < 1.29 is 0 Å². The number of benzene rings is 1. The van der Waals surface area contributed by atoms with Crippen molar-refractivity contribution >= 4 is 5.69 Å². The third kappa shape index (κ3) is 3.05. The fourth-order valence-electron chi connectivity index (χ4n) is 2.29. The Morgan fingerprint density at radius 2 is 2.11 bits per heavy atom. The van der Waals surface area contributed by atoms with Crippen molar-refractivity contribution in [2.75, 3.05) is 18.4 Å². The molecule has 0 saturated carbocycles. The highest BCUT2D eigenvalue weighted by molar-refractivity contribution is 5.61. The lowest BCUT2D eigenvalue weighted by Gasteiger charge is -2.27. The van der Waals surface area contributed by atoms with Gasteiger partial charge in [-0.25, -0.2) is 0 Å². The molecule has 1 aromatic rings. The first-order valence-electron chi connectivity index (χ1n) is 7.04. The van der Waals surface area contributed by atoms with Crippen LogP contribution in [0.1, 0.15) is 38.8 Å². The molecular weight excluding hydrogens is 220 g/mol. The second-order valence-electron chi connectivity index (χ2n) is 6.53. The van der Waals surface area contributed by atoms with Crippen molar-refractivity contribution in [3.05, 3.63) is 29.3 Å². The molecule has 0 aromatic heterocycles. The summed E-state index contributed by atoms with van der Waals surface area (Å²) in [5, 5.41) is 7.09. The Bertz CT molecular complexity index is 404. The highest BCUT2D eigenvalue weighted by Gasteiger charge is 2.19. The lowest BCUT2D eigenvalue weighted by atomic mass is 9.82. The van der Waals surface area contributed by atoms with Crippen molar-refractivity contribution in [3.63, 3.8) is 0 Å². The third-order valence-corrected chi connectivity index (χ3v) is 4.18. The maximum absolute atomic E-state index is 3.60. The minimum absolute atomic E-state index is 0.379. The summed E-state index contributed by atoms with van der Waals surface area (Å²) >= 11 is 0. The lowest BCUT2D eigenvalue weighted by Crippen LogP contribution is -2.29. The molecule has 1 aromatic carbocycles. The molecule has 1 unspecified atom stereocenters. The molecule has 1 atom stereocenters. The Morgan fingerprint density at radius 1 is 1.33 bits per heavy atom. The maximum Gasteiger partial charge on any atom is 0.0419 e. The van der Waals surface area contributed by atoms with Crippen LogP contribution in [0.5, 0.6) is 0 Å². The number of hydrogen-bond acceptors (Lipinski definition) is 2. The lowest BCUT2D eigenvalue weighted by molar-refractivity contribution is 0.252. The van der Waals surface area contributed by atoms with E-state index < -0.39 is 0 Å². The van der Waals surface area contributed by atoms with Gasteiger partial charge < -0.3 is 10.6 Å². The van der Waals surface area contributed by atoms with E-state index >= 15 is 0 Å². The highest BCUT2D eigenvalue weighted by atomic mass is 14.9. The van der Waals surface area contributed by atoms with Crippen molar-refractivity contribution in [2.24, 2.45) is 11.3 Å². The van der Waals surface area contributed by atoms with E-state index in [0.717, 1.165) is 19.6 Å². The highest BCUT2D eigenvalue weighted by Crippen LogP contribution is 2.27. The fraction of sp³-hybridized carbons (Fsp3) is 0.625. The molecule has 0 amide bonds. The predicted octanol–water partition coefficient (Wildman–Crippen LogP) is 3.43. The summed E-state index contributed by atoms with van der Waals surface area (Å²) in [6.07, 6.45) is 1.17. The summed E-state index contributed by atoms with van der Waals surface area (Å²) in [7, 11) is 0. The van der Waals surface area contributed by atoms with Crippen LogP contribution in [0.3, 0.4) is 0 Å². The first kappa shape index (κ1) is 13.4. The van der Waals surface area contributed by atoms with Gasteiger partial charge in [0.15, 0.2) is 0 Å². The molecule has 0 spiro atoms. The van der Waals surface area contributed by atoms with Gasteiger partial charge in [-0.15, -0.1) is 0 Å². The van der Waals surface area contributed by atoms with Crippen LogP contribution in [0.2, 0.25) is 0 Å². The number of hydrogen-bond donors (Lipinski definition) is 2. The quantitative estimate of drug-likeness (QED) is 0.850. The molecule has 0 bridgehead atoms. The SMILES string of the molecule is CC(CNCc1cccc2c1NCC2)C(C)(C)C. The number of anilines is 1. The van der Waals surface area contributed by atoms with Crippen molar-refractivity contribution in [2.45, 2.75) is 40.7 Å². The Labute approximate surface area is 111 Å². The van der Waals surface area contributed by atoms with Gasteiger partial charge in [0.1, 0.15) is 0 Å². The molecule has 100 valence electrons. The van der Waals surface area contributed by atoms with Gasteiger partial charge in [0.05, 0.1) is 0 Å². The first-order chi connectivity index (χ1) is 8.48. The van der Waals surface area contributed by atoms with Crippen LogP contribution in [0.4, 0.5) is 5.69 Å². The van der Waals surface area contributed by atoms with E-state index in [9.17, 15) is 0 Å². The van der Waals surface area contributed by atoms with E-state index in [4.69, 9.17) is 0 Å². The number of rotatable bonds is 4. The molecular formula is C16H26N2. The zero-order valence-corrected chi connectivity index (χ0v) is 12.1. The van der Waals surface area contributed by atoms with Crippen molar-refractivity contribution in [1.82, 2.24) is 5.32 Å². The van der Waals surface area contributed by atoms with Crippen LogP contribution in [0, 0.1) is 11.3 Å². The maximum atomic E-state index is 3.60. The topological polar surface area (TPSA) is 24.1 Å². The van der Waals surface area contributed by atoms with E-state index in [1.165, 1.54) is 23.2 Å². The van der Waals surface area contributed by atoms with Gasteiger partial charge in [-0.2, -0.15) is 0 Å². The molecule has 2 rings (SSSR count). The van der Waals surface area contributed by atoms with Crippen LogP contribution < -0.4 is 10.6 Å². The van der Waals surface area contributed by atoms with Crippen LogP contribution in [0.15, 0.2) is 18.2 Å². The molecule has 1 heterocycles. The third-order valence-electron chi connectivity index (χ3n) is 4.18. The molecule has 1 aliphatic rings. The normalized spacial score (nSPS) is 16.2. The van der Waals surface area contributed by atoms with Crippen LogP contribution in [-0.2, 0) is 13.0 Å². The molecule has 0 saturated heterocycles. The van der Waals surface area contributed by atoms with E-state index in [1.807, 2.05) is 0 Å². The average molecular weight is 246 g/mol. The molecule has 1 aliphatic heterocycles. The van der Waals surface area contributed by atoms with Gasteiger partial charge in [0.2, 0.25) is 0 Å². The summed E-state index contributed by atoms with van der Waals surface area (Å²) in [5.74, 6) is 0.683. The van der Waals surface area contributed by atoms with Crippen LogP contribution in [0.25, 0.3) is 0 Å². The van der Waals surface area contributed by atoms with Crippen molar-refractivity contribution in [3.8, 4) is 0 Å². The second-order valence-corrected chi connectivity index (χ2v) is 6.53. The summed E-state index contributed by atoms with van der Waals surface area (Å²) in [6.45, 7) is 12.4. The van der Waals surface area contributed by atoms with Gasteiger partial charge in [0, 0.05) is 18.8 Å². The summed E-state index contributed by atoms with van der Waals surface area (Å²) in [6, 6.07) is 6.64. The smallest absolute Gasteiger partial charge is 0.0419 e.